The summed E-state index contributed by atoms with van der Waals surface area (Å²) in [6.07, 6.45) is 0. The van der Waals surface area contributed by atoms with E-state index in [1.807, 2.05) is 46.9 Å². The van der Waals surface area contributed by atoms with E-state index in [1.165, 1.54) is 56.2 Å². The minimum absolute atomic E-state index is 0.661. The molecule has 0 N–H and O–H groups in total. The molecule has 0 radical (unpaired) electrons. The van der Waals surface area contributed by atoms with Crippen molar-refractivity contribution >= 4 is 84.6 Å². The van der Waals surface area contributed by atoms with Gasteiger partial charge in [0.2, 0.25) is 0 Å². The molecule has 0 aliphatic heterocycles. The smallest absolute Gasteiger partial charge is 0.164 e. The molecule has 11 rings (SSSR count). The summed E-state index contributed by atoms with van der Waals surface area (Å²) in [6.45, 7) is 0. The van der Waals surface area contributed by atoms with Crippen LogP contribution in [-0.2, 0) is 0 Å². The fourth-order valence-electron chi connectivity index (χ4n) is 7.20. The number of thiazole rings is 1. The second kappa shape index (κ2) is 12.2. The highest BCUT2D eigenvalue weighted by Gasteiger charge is 2.18. The van der Waals surface area contributed by atoms with Gasteiger partial charge in [-0.1, -0.05) is 109 Å². The zero-order valence-electron chi connectivity index (χ0n) is 28.0. The number of para-hydroxylation sites is 1. The third kappa shape index (κ3) is 5.24. The lowest BCUT2D eigenvalue weighted by Crippen LogP contribution is -2.00. The van der Waals surface area contributed by atoms with Crippen LogP contribution in [0.25, 0.3) is 106 Å². The summed E-state index contributed by atoms with van der Waals surface area (Å²) >= 11 is 5.36. The Morgan fingerprint density at radius 3 is 1.85 bits per heavy atom. The predicted molar refractivity (Wildman–Crippen MR) is 226 cm³/mol. The average Bonchev–Trinajstić information content (AvgIpc) is 3.94. The monoisotopic (exact) mass is 730 g/mol. The molecule has 0 fully saturated rings. The van der Waals surface area contributed by atoms with E-state index in [-0.39, 0.29) is 0 Å². The highest BCUT2D eigenvalue weighted by molar-refractivity contribution is 7.26. The van der Waals surface area contributed by atoms with Gasteiger partial charge in [0, 0.05) is 62.6 Å². The molecule has 4 aromatic heterocycles. The highest BCUT2D eigenvalue weighted by atomic mass is 32.1. The molecule has 7 heteroatoms. The Morgan fingerprint density at radius 1 is 0.321 bits per heavy atom. The molecule has 0 amide bonds. The van der Waals surface area contributed by atoms with Gasteiger partial charge in [-0.3, -0.25) is 0 Å². The summed E-state index contributed by atoms with van der Waals surface area (Å²) in [5.74, 6) is 2.00. The molecule has 53 heavy (non-hydrogen) atoms. The molecule has 0 saturated heterocycles. The van der Waals surface area contributed by atoms with Crippen molar-refractivity contribution in [3.8, 4) is 55.9 Å². The van der Waals surface area contributed by atoms with Gasteiger partial charge in [-0.2, -0.15) is 0 Å². The van der Waals surface area contributed by atoms with Crippen LogP contribution in [0, 0.1) is 0 Å². The fraction of sp³-hybridized carbons (Fsp3) is 0. The van der Waals surface area contributed by atoms with Crippen LogP contribution in [0.3, 0.4) is 0 Å². The number of nitrogens with zero attached hydrogens (tertiary/aromatic N) is 4. The minimum Gasteiger partial charge on any atom is -0.236 e. The molecule has 0 spiro atoms. The van der Waals surface area contributed by atoms with Gasteiger partial charge in [0.15, 0.2) is 17.5 Å². The summed E-state index contributed by atoms with van der Waals surface area (Å²) in [4.78, 5) is 20.3. The van der Waals surface area contributed by atoms with Crippen LogP contribution in [-0.4, -0.2) is 19.9 Å². The summed E-state index contributed by atoms with van der Waals surface area (Å²) in [7, 11) is 0. The van der Waals surface area contributed by atoms with E-state index >= 15 is 0 Å². The van der Waals surface area contributed by atoms with Crippen molar-refractivity contribution in [3.05, 3.63) is 158 Å². The Morgan fingerprint density at radius 2 is 0.981 bits per heavy atom. The molecule has 248 valence electrons. The van der Waals surface area contributed by atoms with Crippen LogP contribution in [0.2, 0.25) is 0 Å². The summed E-state index contributed by atoms with van der Waals surface area (Å²) in [6, 6.07) is 55.7. The van der Waals surface area contributed by atoms with E-state index in [0.717, 1.165) is 32.8 Å². The third-order valence-electron chi connectivity index (χ3n) is 9.80. The van der Waals surface area contributed by atoms with E-state index in [2.05, 4.69) is 133 Å². The van der Waals surface area contributed by atoms with Gasteiger partial charge >= 0.3 is 0 Å². The van der Waals surface area contributed by atoms with E-state index in [4.69, 9.17) is 19.9 Å². The second-order valence-electron chi connectivity index (χ2n) is 13.0. The first-order valence-corrected chi connectivity index (χ1v) is 19.8. The van der Waals surface area contributed by atoms with Crippen molar-refractivity contribution in [1.82, 2.24) is 19.9 Å². The molecule has 0 saturated carbocycles. The van der Waals surface area contributed by atoms with Crippen LogP contribution in [0.1, 0.15) is 0 Å². The van der Waals surface area contributed by atoms with Crippen LogP contribution in [0.5, 0.6) is 0 Å². The molecule has 11 aromatic rings. The third-order valence-corrected chi connectivity index (χ3v) is 13.2. The minimum atomic E-state index is 0.661. The maximum absolute atomic E-state index is 5.20. The number of thiophene rings is 2. The zero-order valence-corrected chi connectivity index (χ0v) is 30.5. The topological polar surface area (TPSA) is 51.6 Å². The molecule has 0 aliphatic rings. The Bertz CT molecular complexity index is 3140. The number of hydrogen-bond acceptors (Lipinski definition) is 7. The summed E-state index contributed by atoms with van der Waals surface area (Å²) in [5.41, 5.74) is 7.49. The Labute approximate surface area is 316 Å². The van der Waals surface area contributed by atoms with Crippen LogP contribution in [0.4, 0.5) is 0 Å². The van der Waals surface area contributed by atoms with Gasteiger partial charge in [-0.15, -0.1) is 34.0 Å². The maximum atomic E-state index is 5.20. The number of hydrogen-bond donors (Lipinski definition) is 0. The fourth-order valence-corrected chi connectivity index (χ4v) is 10.4. The molecule has 0 unspecified atom stereocenters. The van der Waals surface area contributed by atoms with E-state index < -0.39 is 0 Å². The standard InChI is InChI=1S/C46H26N4S3/c1-2-9-28(10-3-1)43-48-44(31-22-24-38-35(25-31)32-11-4-6-14-37(32)51-38)50-45(49-43)34-12-8-16-40-42(34)33-23-21-30(26-41(33)52-40)27-17-19-29(20-18-27)46-47-36-13-5-7-15-39(36)53-46/h1-26H. The SMILES string of the molecule is c1ccc(-c2nc(-c3ccc4sc5ccccc5c4c3)nc(-c3cccc4sc5cc(-c6ccc(-c7nc8ccccc8s7)cc6)ccc5c34)n2)cc1. The highest BCUT2D eigenvalue weighted by Crippen LogP contribution is 2.42. The predicted octanol–water partition coefficient (Wildman–Crippen LogP) is 13.6. The van der Waals surface area contributed by atoms with Crippen LogP contribution >= 0.6 is 34.0 Å². The van der Waals surface area contributed by atoms with Crippen molar-refractivity contribution < 1.29 is 0 Å². The van der Waals surface area contributed by atoms with Gasteiger partial charge in [-0.05, 0) is 59.7 Å². The molecule has 0 aliphatic carbocycles. The number of benzene rings is 7. The molecule has 7 aromatic carbocycles. The van der Waals surface area contributed by atoms with Gasteiger partial charge in [0.25, 0.3) is 0 Å². The number of fused-ring (bicyclic) bond motifs is 7. The zero-order chi connectivity index (χ0) is 34.9. The first kappa shape index (κ1) is 30.5. The lowest BCUT2D eigenvalue weighted by atomic mass is 10.0. The Hall–Kier alpha value is -6.12. The van der Waals surface area contributed by atoms with Crippen molar-refractivity contribution in [3.63, 3.8) is 0 Å². The van der Waals surface area contributed by atoms with Crippen molar-refractivity contribution in [2.45, 2.75) is 0 Å². The van der Waals surface area contributed by atoms with Gasteiger partial charge in [0.05, 0.1) is 10.2 Å². The van der Waals surface area contributed by atoms with Gasteiger partial charge in [0.1, 0.15) is 5.01 Å². The average molecular weight is 731 g/mol. The van der Waals surface area contributed by atoms with E-state index in [9.17, 15) is 0 Å². The van der Waals surface area contributed by atoms with E-state index in [0.29, 0.717) is 17.5 Å². The quantitative estimate of drug-likeness (QED) is 0.177. The van der Waals surface area contributed by atoms with Crippen molar-refractivity contribution in [1.29, 1.82) is 0 Å². The molecule has 0 bridgehead atoms. The van der Waals surface area contributed by atoms with Crippen LogP contribution in [0.15, 0.2) is 158 Å². The first-order valence-electron chi connectivity index (χ1n) is 17.4. The van der Waals surface area contributed by atoms with E-state index in [1.54, 1.807) is 11.3 Å². The lowest BCUT2D eigenvalue weighted by molar-refractivity contribution is 1.08. The van der Waals surface area contributed by atoms with Crippen molar-refractivity contribution in [2.75, 3.05) is 0 Å². The van der Waals surface area contributed by atoms with Gasteiger partial charge < -0.3 is 0 Å². The second-order valence-corrected chi connectivity index (χ2v) is 16.2. The Balaban J connectivity index is 1.02. The maximum Gasteiger partial charge on any atom is 0.164 e. The van der Waals surface area contributed by atoms with Gasteiger partial charge in [-0.25, -0.2) is 19.9 Å². The molecular weight excluding hydrogens is 705 g/mol. The first-order chi connectivity index (χ1) is 26.2. The number of rotatable bonds is 5. The molecule has 4 heterocycles. The summed E-state index contributed by atoms with van der Waals surface area (Å²) < 4.78 is 6.18. The van der Waals surface area contributed by atoms with Crippen molar-refractivity contribution in [2.24, 2.45) is 0 Å². The number of aromatic nitrogens is 4. The largest absolute Gasteiger partial charge is 0.236 e. The molecule has 4 nitrogen and oxygen atoms in total. The normalized spacial score (nSPS) is 11.8. The molecule has 0 atom stereocenters. The Kier molecular flexibility index (Phi) is 7.05. The summed E-state index contributed by atoms with van der Waals surface area (Å²) in [5, 5.41) is 5.89. The molecular formula is C46H26N4S3. The van der Waals surface area contributed by atoms with Crippen LogP contribution < -0.4 is 0 Å². The lowest BCUT2D eigenvalue weighted by Gasteiger charge is -2.10.